The Balaban J connectivity index is 3.11. The molecule has 0 amide bonds. The molecular weight excluding hydrogens is 156 g/mol. The Labute approximate surface area is 81.3 Å². The summed E-state index contributed by atoms with van der Waals surface area (Å²) in [6.45, 7) is 8.66. The Hall–Kier alpha value is -1.04. The highest BCUT2D eigenvalue weighted by molar-refractivity contribution is 5.54. The van der Waals surface area contributed by atoms with Gasteiger partial charge in [-0.15, -0.1) is 0 Å². The Bertz CT molecular complexity index is 306. The van der Waals surface area contributed by atoms with Crippen LogP contribution in [0.2, 0.25) is 0 Å². The lowest BCUT2D eigenvalue weighted by molar-refractivity contribution is 0.865. The van der Waals surface area contributed by atoms with Gasteiger partial charge in [0.15, 0.2) is 0 Å². The third-order valence-electron chi connectivity index (χ3n) is 2.32. The van der Waals surface area contributed by atoms with E-state index in [1.807, 2.05) is 0 Å². The number of aryl methyl sites for hydroxylation is 1. The molecule has 13 heavy (non-hydrogen) atoms. The van der Waals surface area contributed by atoms with Crippen LogP contribution in [0.3, 0.4) is 0 Å². The second-order valence-electron chi connectivity index (χ2n) is 3.77. The first-order chi connectivity index (χ1) is 6.15. The van der Waals surface area contributed by atoms with Gasteiger partial charge in [0.25, 0.3) is 0 Å². The van der Waals surface area contributed by atoms with Gasteiger partial charge < -0.3 is 0 Å². The summed E-state index contributed by atoms with van der Waals surface area (Å²) in [5.41, 5.74) is 4.11. The van der Waals surface area contributed by atoms with Crippen LogP contribution in [0.1, 0.15) is 43.4 Å². The number of hydrogen-bond donors (Lipinski definition) is 0. The number of hydrogen-bond acceptors (Lipinski definition) is 0. The van der Waals surface area contributed by atoms with Gasteiger partial charge in [0.2, 0.25) is 0 Å². The molecule has 0 heterocycles. The van der Waals surface area contributed by atoms with Crippen LogP contribution in [0.4, 0.5) is 0 Å². The zero-order valence-electron chi connectivity index (χ0n) is 8.96. The Morgan fingerprint density at radius 3 is 2.46 bits per heavy atom. The van der Waals surface area contributed by atoms with Crippen molar-refractivity contribution >= 4 is 6.08 Å². The number of rotatable bonds is 2. The molecule has 0 nitrogen and oxygen atoms in total. The highest BCUT2D eigenvalue weighted by Gasteiger charge is 2.00. The van der Waals surface area contributed by atoms with Crippen LogP contribution in [0.15, 0.2) is 24.3 Å². The van der Waals surface area contributed by atoms with Crippen LogP contribution in [0.5, 0.6) is 0 Å². The maximum absolute atomic E-state index is 2.28. The van der Waals surface area contributed by atoms with Crippen molar-refractivity contribution in [3.8, 4) is 0 Å². The minimum Gasteiger partial charge on any atom is -0.0871 e. The molecule has 0 saturated heterocycles. The van der Waals surface area contributed by atoms with Gasteiger partial charge in [-0.3, -0.25) is 0 Å². The van der Waals surface area contributed by atoms with Crippen LogP contribution < -0.4 is 0 Å². The highest BCUT2D eigenvalue weighted by Crippen LogP contribution is 2.19. The molecule has 70 valence electrons. The molecule has 1 aromatic carbocycles. The van der Waals surface area contributed by atoms with Crippen LogP contribution in [0, 0.1) is 6.92 Å². The number of allylic oxidation sites excluding steroid dienone is 1. The third kappa shape index (κ3) is 2.45. The summed E-state index contributed by atoms with van der Waals surface area (Å²) < 4.78 is 0. The summed E-state index contributed by atoms with van der Waals surface area (Å²) in [5, 5.41) is 0. The predicted molar refractivity (Wildman–Crippen MR) is 60.0 cm³/mol. The van der Waals surface area contributed by atoms with E-state index < -0.39 is 0 Å². The quantitative estimate of drug-likeness (QED) is 0.631. The van der Waals surface area contributed by atoms with Gasteiger partial charge in [0.05, 0.1) is 0 Å². The van der Waals surface area contributed by atoms with Crippen LogP contribution in [0.25, 0.3) is 6.08 Å². The minimum atomic E-state index is 0.615. The van der Waals surface area contributed by atoms with Gasteiger partial charge in [-0.05, 0) is 36.5 Å². The second-order valence-corrected chi connectivity index (χ2v) is 3.77. The molecule has 1 aromatic rings. The summed E-state index contributed by atoms with van der Waals surface area (Å²) in [7, 11) is 0. The van der Waals surface area contributed by atoms with E-state index in [9.17, 15) is 0 Å². The van der Waals surface area contributed by atoms with Crippen molar-refractivity contribution in [2.45, 2.75) is 33.6 Å². The normalized spacial score (nSPS) is 11.5. The molecule has 0 saturated carbocycles. The lowest BCUT2D eigenvalue weighted by Gasteiger charge is -2.08. The van der Waals surface area contributed by atoms with E-state index in [1.165, 1.54) is 16.7 Å². The smallest absolute Gasteiger partial charge is 0.0219 e. The Kier molecular flexibility index (Phi) is 3.30. The van der Waals surface area contributed by atoms with Gasteiger partial charge in [-0.2, -0.15) is 0 Å². The summed E-state index contributed by atoms with van der Waals surface area (Å²) in [6, 6.07) is 6.69. The molecule has 0 aliphatic rings. The molecular formula is C13H18. The van der Waals surface area contributed by atoms with E-state index in [0.717, 1.165) is 0 Å². The van der Waals surface area contributed by atoms with Gasteiger partial charge in [0.1, 0.15) is 0 Å². The lowest BCUT2D eigenvalue weighted by atomic mass is 9.98. The van der Waals surface area contributed by atoms with Crippen molar-refractivity contribution < 1.29 is 0 Å². The van der Waals surface area contributed by atoms with Crippen molar-refractivity contribution in [3.05, 3.63) is 41.0 Å². The largest absolute Gasteiger partial charge is 0.0871 e. The summed E-state index contributed by atoms with van der Waals surface area (Å²) in [6.07, 6.45) is 4.26. The van der Waals surface area contributed by atoms with Crippen molar-refractivity contribution in [2.24, 2.45) is 0 Å². The molecule has 0 unspecified atom stereocenters. The first-order valence-electron chi connectivity index (χ1n) is 4.88. The van der Waals surface area contributed by atoms with Gasteiger partial charge in [-0.1, -0.05) is 44.2 Å². The van der Waals surface area contributed by atoms with E-state index in [2.05, 4.69) is 58.0 Å². The van der Waals surface area contributed by atoms with Gasteiger partial charge in [-0.25, -0.2) is 0 Å². The van der Waals surface area contributed by atoms with Crippen molar-refractivity contribution in [1.29, 1.82) is 0 Å². The van der Waals surface area contributed by atoms with Crippen molar-refractivity contribution in [1.82, 2.24) is 0 Å². The molecule has 0 spiro atoms. The summed E-state index contributed by atoms with van der Waals surface area (Å²) >= 11 is 0. The second kappa shape index (κ2) is 4.27. The fourth-order valence-corrected chi connectivity index (χ4v) is 1.38. The molecule has 0 aliphatic carbocycles. The maximum Gasteiger partial charge on any atom is -0.0219 e. The molecule has 0 radical (unpaired) electrons. The lowest BCUT2D eigenvalue weighted by Crippen LogP contribution is -1.89. The zero-order chi connectivity index (χ0) is 9.84. The minimum absolute atomic E-state index is 0.615. The molecule has 0 fully saturated rings. The van der Waals surface area contributed by atoms with Crippen LogP contribution in [-0.4, -0.2) is 0 Å². The van der Waals surface area contributed by atoms with E-state index in [0.29, 0.717) is 5.92 Å². The van der Waals surface area contributed by atoms with E-state index in [1.54, 1.807) is 0 Å². The average Bonchev–Trinajstić information content (AvgIpc) is 2.08. The summed E-state index contributed by atoms with van der Waals surface area (Å²) in [5.74, 6) is 0.615. The maximum atomic E-state index is 2.28. The van der Waals surface area contributed by atoms with Gasteiger partial charge >= 0.3 is 0 Å². The van der Waals surface area contributed by atoms with Crippen LogP contribution >= 0.6 is 0 Å². The number of benzene rings is 1. The van der Waals surface area contributed by atoms with Crippen molar-refractivity contribution in [3.63, 3.8) is 0 Å². The zero-order valence-corrected chi connectivity index (χ0v) is 8.96. The molecule has 1 rings (SSSR count). The highest BCUT2D eigenvalue weighted by atomic mass is 14.1. The van der Waals surface area contributed by atoms with E-state index >= 15 is 0 Å². The predicted octanol–water partition coefficient (Wildman–Crippen LogP) is 4.15. The molecule has 0 aromatic heterocycles. The van der Waals surface area contributed by atoms with Crippen molar-refractivity contribution in [2.75, 3.05) is 0 Å². The molecule has 0 bridgehead atoms. The SMILES string of the molecule is C/C=C\c1cc(C(C)C)ccc1C. The first-order valence-corrected chi connectivity index (χ1v) is 4.88. The van der Waals surface area contributed by atoms with Crippen LogP contribution in [-0.2, 0) is 0 Å². The monoisotopic (exact) mass is 174 g/mol. The van der Waals surface area contributed by atoms with E-state index in [-0.39, 0.29) is 0 Å². The first kappa shape index (κ1) is 10.0. The van der Waals surface area contributed by atoms with Gasteiger partial charge in [0, 0.05) is 0 Å². The Morgan fingerprint density at radius 2 is 1.92 bits per heavy atom. The molecule has 0 aliphatic heterocycles. The fraction of sp³-hybridized carbons (Fsp3) is 0.385. The molecule has 0 heteroatoms. The van der Waals surface area contributed by atoms with E-state index in [4.69, 9.17) is 0 Å². The molecule has 0 N–H and O–H groups in total. The standard InChI is InChI=1S/C13H18/c1-5-6-13-9-12(10(2)3)8-7-11(13)4/h5-10H,1-4H3/b6-5-. The average molecular weight is 174 g/mol. The topological polar surface area (TPSA) is 0 Å². The summed E-state index contributed by atoms with van der Waals surface area (Å²) in [4.78, 5) is 0. The third-order valence-corrected chi connectivity index (χ3v) is 2.32. The Morgan fingerprint density at radius 1 is 1.23 bits per heavy atom. The molecule has 0 atom stereocenters. The fourth-order valence-electron chi connectivity index (χ4n) is 1.38.